The molecular weight excluding hydrogens is 278 g/mol. The number of methoxy groups -OCH3 is 1. The number of carbonyl (C=O) groups is 1. The zero-order valence-electron chi connectivity index (χ0n) is 6.71. The van der Waals surface area contributed by atoms with Gasteiger partial charge in [0.1, 0.15) is 0 Å². The zero-order chi connectivity index (χ0) is 9.84. The first kappa shape index (κ1) is 10.9. The summed E-state index contributed by atoms with van der Waals surface area (Å²) in [6.45, 7) is 0. The quantitative estimate of drug-likeness (QED) is 0.622. The molecule has 5 heteroatoms. The summed E-state index contributed by atoms with van der Waals surface area (Å²) in [6, 6.07) is 5.03. The summed E-state index contributed by atoms with van der Waals surface area (Å²) in [5, 5.41) is -0.486. The summed E-state index contributed by atoms with van der Waals surface area (Å²) >= 11 is 5.07. The number of hydrogen-bond donors (Lipinski definition) is 0. The standard InChI is InChI=1S/C8H6Cl2O2Se/c1-12-5-2-3-6(8(9)11)7(4-5)13-10/h2-4H,1H3. The SMILES string of the molecule is COc1ccc(C(=O)Cl)c([Se]Cl)c1. The van der Waals surface area contributed by atoms with Crippen LogP contribution >= 0.6 is 21.7 Å². The molecule has 0 bridgehead atoms. The topological polar surface area (TPSA) is 26.3 Å². The molecule has 0 aromatic heterocycles. The molecule has 1 rings (SSSR count). The fraction of sp³-hybridized carbons (Fsp3) is 0.125. The second-order valence-corrected chi connectivity index (χ2v) is 4.60. The third-order valence-electron chi connectivity index (χ3n) is 1.48. The maximum absolute atomic E-state index is 10.9. The van der Waals surface area contributed by atoms with Gasteiger partial charge in [0.25, 0.3) is 0 Å². The van der Waals surface area contributed by atoms with Gasteiger partial charge in [-0.1, -0.05) is 0 Å². The van der Waals surface area contributed by atoms with Crippen molar-refractivity contribution in [3.8, 4) is 5.75 Å². The molecule has 1 aromatic rings. The average Bonchev–Trinajstić information content (AvgIpc) is 2.16. The van der Waals surface area contributed by atoms with E-state index < -0.39 is 5.24 Å². The Kier molecular flexibility index (Phi) is 4.07. The molecule has 0 radical (unpaired) electrons. The van der Waals surface area contributed by atoms with Crippen molar-refractivity contribution in [2.75, 3.05) is 7.11 Å². The Bertz CT molecular complexity index is 328. The van der Waals surface area contributed by atoms with Crippen molar-refractivity contribution in [3.63, 3.8) is 0 Å². The van der Waals surface area contributed by atoms with E-state index in [-0.39, 0.29) is 14.0 Å². The predicted molar refractivity (Wildman–Crippen MR) is 54.4 cm³/mol. The van der Waals surface area contributed by atoms with Crippen LogP contribution in [0.1, 0.15) is 10.4 Å². The first-order valence-electron chi connectivity index (χ1n) is 3.35. The monoisotopic (exact) mass is 284 g/mol. The molecular formula is C8H6Cl2O2Se. The summed E-state index contributed by atoms with van der Waals surface area (Å²) in [5.41, 5.74) is 0.456. The van der Waals surface area contributed by atoms with E-state index in [1.807, 2.05) is 0 Å². The molecule has 0 spiro atoms. The van der Waals surface area contributed by atoms with Gasteiger partial charge in [-0.2, -0.15) is 0 Å². The molecule has 70 valence electrons. The number of carbonyl (C=O) groups excluding carboxylic acids is 1. The van der Waals surface area contributed by atoms with E-state index >= 15 is 0 Å². The van der Waals surface area contributed by atoms with Crippen LogP contribution in [0.2, 0.25) is 0 Å². The Morgan fingerprint density at radius 3 is 2.69 bits per heavy atom. The van der Waals surface area contributed by atoms with Crippen LogP contribution in [-0.4, -0.2) is 26.4 Å². The van der Waals surface area contributed by atoms with Crippen LogP contribution in [0.5, 0.6) is 5.75 Å². The number of benzene rings is 1. The second-order valence-electron chi connectivity index (χ2n) is 2.21. The van der Waals surface area contributed by atoms with E-state index in [1.54, 1.807) is 25.3 Å². The van der Waals surface area contributed by atoms with E-state index in [2.05, 4.69) is 0 Å². The first-order chi connectivity index (χ1) is 6.19. The van der Waals surface area contributed by atoms with Crippen molar-refractivity contribution in [3.05, 3.63) is 23.8 Å². The van der Waals surface area contributed by atoms with Gasteiger partial charge in [0.15, 0.2) is 0 Å². The molecule has 0 atom stereocenters. The summed E-state index contributed by atoms with van der Waals surface area (Å²) in [4.78, 5) is 10.9. The van der Waals surface area contributed by atoms with E-state index in [9.17, 15) is 4.79 Å². The Morgan fingerprint density at radius 1 is 1.54 bits per heavy atom. The zero-order valence-corrected chi connectivity index (χ0v) is 9.94. The fourth-order valence-corrected chi connectivity index (χ4v) is 2.66. The summed E-state index contributed by atoms with van der Waals surface area (Å²) in [5.74, 6) is 0.680. The molecule has 0 fully saturated rings. The van der Waals surface area contributed by atoms with Gasteiger partial charge in [-0.3, -0.25) is 0 Å². The Labute approximate surface area is 91.6 Å². The maximum atomic E-state index is 10.9. The van der Waals surface area contributed by atoms with Crippen LogP contribution in [0.4, 0.5) is 0 Å². The third kappa shape index (κ3) is 2.61. The Balaban J connectivity index is 3.15. The van der Waals surface area contributed by atoms with Gasteiger partial charge in [-0.25, -0.2) is 0 Å². The van der Waals surface area contributed by atoms with E-state index in [0.717, 1.165) is 4.46 Å². The molecule has 0 aliphatic carbocycles. The van der Waals surface area contributed by atoms with Gasteiger partial charge in [-0.15, -0.1) is 0 Å². The van der Waals surface area contributed by atoms with Crippen molar-refractivity contribution < 1.29 is 9.53 Å². The molecule has 2 nitrogen and oxygen atoms in total. The van der Waals surface area contributed by atoms with E-state index in [4.69, 9.17) is 26.4 Å². The molecule has 0 aliphatic heterocycles. The van der Waals surface area contributed by atoms with Gasteiger partial charge >= 0.3 is 91.6 Å². The van der Waals surface area contributed by atoms with Crippen molar-refractivity contribution in [1.82, 2.24) is 0 Å². The predicted octanol–water partition coefficient (Wildman–Crippen LogP) is 1.56. The number of hydrogen-bond acceptors (Lipinski definition) is 2. The van der Waals surface area contributed by atoms with Crippen molar-refractivity contribution in [2.45, 2.75) is 0 Å². The van der Waals surface area contributed by atoms with Crippen molar-refractivity contribution in [2.24, 2.45) is 0 Å². The van der Waals surface area contributed by atoms with Crippen LogP contribution in [-0.2, 0) is 0 Å². The van der Waals surface area contributed by atoms with Gasteiger partial charge in [0.2, 0.25) is 0 Å². The molecule has 1 aromatic carbocycles. The minimum absolute atomic E-state index is 0.283. The number of ether oxygens (including phenoxy) is 1. The molecule has 0 amide bonds. The first-order valence-corrected chi connectivity index (χ1v) is 6.84. The van der Waals surface area contributed by atoms with Crippen LogP contribution in [0.15, 0.2) is 18.2 Å². The van der Waals surface area contributed by atoms with Gasteiger partial charge in [-0.05, 0) is 0 Å². The van der Waals surface area contributed by atoms with Crippen LogP contribution < -0.4 is 9.20 Å². The molecule has 0 unspecified atom stereocenters. The Hall–Kier alpha value is -0.211. The Morgan fingerprint density at radius 2 is 2.23 bits per heavy atom. The molecule has 0 heterocycles. The van der Waals surface area contributed by atoms with Crippen LogP contribution in [0, 0.1) is 0 Å². The van der Waals surface area contributed by atoms with E-state index in [1.165, 1.54) is 0 Å². The molecule has 13 heavy (non-hydrogen) atoms. The van der Waals surface area contributed by atoms with Crippen LogP contribution in [0.25, 0.3) is 0 Å². The van der Waals surface area contributed by atoms with Crippen molar-refractivity contribution >= 4 is 45.4 Å². The summed E-state index contributed by atoms with van der Waals surface area (Å²) in [7, 11) is 7.26. The molecule has 0 aliphatic rings. The summed E-state index contributed by atoms with van der Waals surface area (Å²) < 4.78 is 5.73. The van der Waals surface area contributed by atoms with Crippen molar-refractivity contribution in [1.29, 1.82) is 0 Å². The number of halogens is 2. The fourth-order valence-electron chi connectivity index (χ4n) is 0.856. The number of rotatable bonds is 3. The van der Waals surface area contributed by atoms with Gasteiger partial charge in [0, 0.05) is 0 Å². The van der Waals surface area contributed by atoms with Gasteiger partial charge < -0.3 is 0 Å². The van der Waals surface area contributed by atoms with Crippen LogP contribution in [0.3, 0.4) is 0 Å². The average molecular weight is 284 g/mol. The van der Waals surface area contributed by atoms with E-state index in [0.29, 0.717) is 11.3 Å². The molecule has 0 N–H and O–H groups in total. The third-order valence-corrected chi connectivity index (χ3v) is 3.61. The molecule has 0 saturated carbocycles. The normalized spacial score (nSPS) is 9.77. The minimum atomic E-state index is -0.486. The van der Waals surface area contributed by atoms with Gasteiger partial charge in [0.05, 0.1) is 0 Å². The summed E-state index contributed by atoms with van der Waals surface area (Å²) in [6.07, 6.45) is 0. The second kappa shape index (κ2) is 4.87. The molecule has 0 saturated heterocycles.